The van der Waals surface area contributed by atoms with E-state index in [1.807, 2.05) is 6.07 Å². The number of quaternary nitrogens is 1. The average Bonchev–Trinajstić information content (AvgIpc) is 3.60. The summed E-state index contributed by atoms with van der Waals surface area (Å²) in [5.74, 6) is -1.27. The highest BCUT2D eigenvalue weighted by atomic mass is 35.5. The molecule has 1 spiro atoms. The molecule has 0 radical (unpaired) electrons. The largest absolute Gasteiger partial charge is 1.00 e. The Kier molecular flexibility index (Phi) is 7.62. The van der Waals surface area contributed by atoms with Crippen LogP contribution in [0, 0.1) is 11.8 Å². The maximum Gasteiger partial charge on any atom is 0.248 e. The standard InChI is InChI=1S/C33H40F2N2O2.ClH/c34-33(35)15-4-8-25(19-33)29-18-24(22-6-2-1-3-7-22)12-16-37(29)31(38)28-20-36-21-32(28)14-5-9-26-27(32)11-10-23-13-17-39-30(23)26;/h1-3,6-7,10-11,24-25,28-29,36H,4-5,8-9,12-21H2;1H/t24-,25?,28+,29+,32+;/m1./s1. The fraction of sp³-hybridized carbons (Fsp3) is 0.606. The van der Waals surface area contributed by atoms with Gasteiger partial charge < -0.3 is 27.4 Å². The van der Waals surface area contributed by atoms with Gasteiger partial charge in [-0.1, -0.05) is 42.5 Å². The van der Waals surface area contributed by atoms with Gasteiger partial charge in [-0.25, -0.2) is 8.78 Å². The van der Waals surface area contributed by atoms with Crippen LogP contribution in [0.15, 0.2) is 42.5 Å². The van der Waals surface area contributed by atoms with Gasteiger partial charge >= 0.3 is 0 Å². The van der Waals surface area contributed by atoms with Crippen molar-refractivity contribution < 1.29 is 36.0 Å². The monoisotopic (exact) mass is 570 g/mol. The molecule has 7 heteroatoms. The van der Waals surface area contributed by atoms with E-state index in [-0.39, 0.29) is 54.4 Å². The van der Waals surface area contributed by atoms with E-state index >= 15 is 0 Å². The molecule has 4 nitrogen and oxygen atoms in total. The summed E-state index contributed by atoms with van der Waals surface area (Å²) >= 11 is 0. The van der Waals surface area contributed by atoms with E-state index in [9.17, 15) is 13.6 Å². The van der Waals surface area contributed by atoms with Crippen molar-refractivity contribution in [1.29, 1.82) is 0 Å². The molecule has 2 aromatic carbocycles. The minimum atomic E-state index is -2.62. The van der Waals surface area contributed by atoms with Gasteiger partial charge in [-0.05, 0) is 79.0 Å². The first kappa shape index (κ1) is 28.0. The molecule has 3 fully saturated rings. The molecule has 216 valence electrons. The summed E-state index contributed by atoms with van der Waals surface area (Å²) in [6.07, 6.45) is 6.99. The van der Waals surface area contributed by atoms with Gasteiger partial charge in [0.25, 0.3) is 0 Å². The Morgan fingerprint density at radius 1 is 1.02 bits per heavy atom. The van der Waals surface area contributed by atoms with Crippen molar-refractivity contribution in [1.82, 2.24) is 4.90 Å². The lowest BCUT2D eigenvalue weighted by Crippen LogP contribution is -3.00. The molecule has 7 rings (SSSR count). The number of fused-ring (bicyclic) bond motifs is 4. The average molecular weight is 571 g/mol. The molecule has 3 heterocycles. The number of nitrogens with zero attached hydrogens (tertiary/aromatic N) is 1. The molecule has 2 aliphatic carbocycles. The summed E-state index contributed by atoms with van der Waals surface area (Å²) in [5.41, 5.74) is 5.04. The fourth-order valence-electron chi connectivity index (χ4n) is 9.02. The van der Waals surface area contributed by atoms with Crippen molar-refractivity contribution in [3.05, 3.63) is 64.7 Å². The quantitative estimate of drug-likeness (QED) is 0.614. The van der Waals surface area contributed by atoms with Gasteiger partial charge in [0.1, 0.15) is 11.7 Å². The van der Waals surface area contributed by atoms with E-state index in [0.717, 1.165) is 70.4 Å². The number of hydrogen-bond acceptors (Lipinski definition) is 2. The lowest BCUT2D eigenvalue weighted by molar-refractivity contribution is -0.640. The van der Waals surface area contributed by atoms with E-state index in [1.54, 1.807) is 0 Å². The van der Waals surface area contributed by atoms with E-state index < -0.39 is 5.92 Å². The molecule has 1 unspecified atom stereocenters. The number of amides is 1. The van der Waals surface area contributed by atoms with E-state index in [2.05, 4.69) is 46.6 Å². The number of piperidine rings is 1. The number of carbonyl (C=O) groups is 1. The third-order valence-corrected chi connectivity index (χ3v) is 10.8. The van der Waals surface area contributed by atoms with Crippen molar-refractivity contribution in [3.63, 3.8) is 0 Å². The van der Waals surface area contributed by atoms with Crippen molar-refractivity contribution in [2.45, 2.75) is 87.5 Å². The van der Waals surface area contributed by atoms with Crippen LogP contribution in [-0.4, -0.2) is 49.0 Å². The number of ether oxygens (including phenoxy) is 1. The van der Waals surface area contributed by atoms with Crippen molar-refractivity contribution in [2.75, 3.05) is 26.2 Å². The number of hydrogen-bond donors (Lipinski definition) is 1. The molecule has 2 saturated heterocycles. The maximum absolute atomic E-state index is 14.7. The molecule has 5 atom stereocenters. The third-order valence-electron chi connectivity index (χ3n) is 10.8. The van der Waals surface area contributed by atoms with Crippen molar-refractivity contribution >= 4 is 5.91 Å². The van der Waals surface area contributed by atoms with Gasteiger partial charge in [0, 0.05) is 31.8 Å². The second-order valence-electron chi connectivity index (χ2n) is 12.9. The molecule has 5 aliphatic rings. The lowest BCUT2D eigenvalue weighted by atomic mass is 9.63. The topological polar surface area (TPSA) is 46.1 Å². The summed E-state index contributed by atoms with van der Waals surface area (Å²) in [4.78, 5) is 16.8. The van der Waals surface area contributed by atoms with Gasteiger partial charge in [0.15, 0.2) is 0 Å². The van der Waals surface area contributed by atoms with Gasteiger partial charge in [0.05, 0.1) is 25.1 Å². The molecule has 1 saturated carbocycles. The van der Waals surface area contributed by atoms with Crippen LogP contribution in [0.2, 0.25) is 0 Å². The third kappa shape index (κ3) is 4.73. The molecule has 3 aliphatic heterocycles. The Bertz CT molecular complexity index is 1240. The first-order valence-corrected chi connectivity index (χ1v) is 15.3. The summed E-state index contributed by atoms with van der Waals surface area (Å²) < 4.78 is 35.5. The van der Waals surface area contributed by atoms with Crippen LogP contribution in [0.5, 0.6) is 5.75 Å². The minimum absolute atomic E-state index is 0. The van der Waals surface area contributed by atoms with Gasteiger partial charge in [-0.3, -0.25) is 4.79 Å². The van der Waals surface area contributed by atoms with E-state index in [1.165, 1.54) is 22.3 Å². The lowest BCUT2D eigenvalue weighted by Gasteiger charge is -2.48. The highest BCUT2D eigenvalue weighted by Gasteiger charge is 2.56. The molecular formula is C33H41ClF2N2O2. The first-order valence-electron chi connectivity index (χ1n) is 15.3. The maximum atomic E-state index is 14.7. The van der Waals surface area contributed by atoms with E-state index in [0.29, 0.717) is 18.9 Å². The molecule has 0 aromatic heterocycles. The molecule has 2 N–H and O–H groups in total. The van der Waals surface area contributed by atoms with Crippen LogP contribution in [0.1, 0.15) is 79.5 Å². The zero-order valence-electron chi connectivity index (χ0n) is 23.2. The van der Waals surface area contributed by atoms with Crippen LogP contribution >= 0.6 is 0 Å². The van der Waals surface area contributed by atoms with Crippen LogP contribution in [0.25, 0.3) is 0 Å². The molecule has 2 aromatic rings. The molecular weight excluding hydrogens is 530 g/mol. The molecule has 0 bridgehead atoms. The number of alkyl halides is 2. The predicted octanol–water partition coefficient (Wildman–Crippen LogP) is 1.99. The van der Waals surface area contributed by atoms with Crippen molar-refractivity contribution in [3.8, 4) is 5.75 Å². The first-order chi connectivity index (χ1) is 19.0. The number of halogens is 3. The summed E-state index contributed by atoms with van der Waals surface area (Å²) in [6, 6.07) is 14.9. The Hall–Kier alpha value is -2.18. The number of rotatable bonds is 3. The Morgan fingerprint density at radius 2 is 1.88 bits per heavy atom. The highest BCUT2D eigenvalue weighted by molar-refractivity contribution is 5.82. The normalized spacial score (nSPS) is 32.6. The smallest absolute Gasteiger partial charge is 0.248 e. The SMILES string of the molecule is O=C([C@@H]1C[NH2+]C[C@]12CCCc1c2ccc2c1OCC2)N1CC[C@@H](c2ccccc2)C[C@H]1C1CCCC(F)(F)C1.[Cl-]. The second kappa shape index (κ2) is 10.9. The van der Waals surface area contributed by atoms with Gasteiger partial charge in [-0.2, -0.15) is 0 Å². The number of benzene rings is 2. The Morgan fingerprint density at radius 3 is 2.70 bits per heavy atom. The van der Waals surface area contributed by atoms with Crippen LogP contribution in [0.3, 0.4) is 0 Å². The number of likely N-dealkylation sites (tertiary alicyclic amines) is 1. The molecule has 40 heavy (non-hydrogen) atoms. The zero-order valence-corrected chi connectivity index (χ0v) is 24.0. The highest BCUT2D eigenvalue weighted by Crippen LogP contribution is 2.50. The van der Waals surface area contributed by atoms with Crippen LogP contribution in [0.4, 0.5) is 8.78 Å². The predicted molar refractivity (Wildman–Crippen MR) is 146 cm³/mol. The number of nitrogens with two attached hydrogens (primary N) is 1. The summed E-state index contributed by atoms with van der Waals surface area (Å²) in [5, 5.41) is 2.33. The Balaban J connectivity index is 0.00000289. The second-order valence-corrected chi connectivity index (χ2v) is 12.9. The van der Waals surface area contributed by atoms with E-state index in [4.69, 9.17) is 4.74 Å². The van der Waals surface area contributed by atoms with Crippen LogP contribution < -0.4 is 22.5 Å². The number of carbonyl (C=O) groups excluding carboxylic acids is 1. The molecule has 1 amide bonds. The summed E-state index contributed by atoms with van der Waals surface area (Å²) in [7, 11) is 0. The zero-order chi connectivity index (χ0) is 26.6. The van der Waals surface area contributed by atoms with Gasteiger partial charge in [0.2, 0.25) is 11.8 Å². The van der Waals surface area contributed by atoms with Crippen LogP contribution in [-0.2, 0) is 23.1 Å². The van der Waals surface area contributed by atoms with Crippen molar-refractivity contribution in [2.24, 2.45) is 11.8 Å². The Labute approximate surface area is 242 Å². The summed E-state index contributed by atoms with van der Waals surface area (Å²) in [6.45, 7) is 3.11. The fourth-order valence-corrected chi connectivity index (χ4v) is 9.02. The van der Waals surface area contributed by atoms with Gasteiger partial charge in [-0.15, -0.1) is 0 Å². The minimum Gasteiger partial charge on any atom is -1.00 e.